The second kappa shape index (κ2) is 5.74. The zero-order valence-corrected chi connectivity index (χ0v) is 9.30. The van der Waals surface area contributed by atoms with E-state index in [1.807, 2.05) is 6.92 Å². The van der Waals surface area contributed by atoms with Crippen molar-refractivity contribution in [3.63, 3.8) is 0 Å². The van der Waals surface area contributed by atoms with Gasteiger partial charge in [-0.15, -0.1) is 0 Å². The fraction of sp³-hybridized carbons (Fsp3) is 0.273. The average molecular weight is 236 g/mol. The summed E-state index contributed by atoms with van der Waals surface area (Å²) >= 11 is 0. The molecule has 17 heavy (non-hydrogen) atoms. The molecule has 6 nitrogen and oxygen atoms in total. The number of carbonyl (C=O) groups is 2. The van der Waals surface area contributed by atoms with Crippen molar-refractivity contribution in [3.05, 3.63) is 39.9 Å². The number of imide groups is 1. The summed E-state index contributed by atoms with van der Waals surface area (Å²) in [4.78, 5) is 32.5. The Morgan fingerprint density at radius 1 is 1.29 bits per heavy atom. The molecule has 0 saturated carbocycles. The van der Waals surface area contributed by atoms with Gasteiger partial charge in [0, 0.05) is 24.1 Å². The smallest absolute Gasteiger partial charge is 0.269 e. The van der Waals surface area contributed by atoms with E-state index >= 15 is 0 Å². The van der Waals surface area contributed by atoms with Gasteiger partial charge in [-0.1, -0.05) is 6.92 Å². The number of amides is 2. The summed E-state index contributed by atoms with van der Waals surface area (Å²) in [5.41, 5.74) is 0.126. The molecule has 0 radical (unpaired) electrons. The van der Waals surface area contributed by atoms with Crippen molar-refractivity contribution in [1.82, 2.24) is 5.32 Å². The van der Waals surface area contributed by atoms with E-state index in [1.54, 1.807) is 0 Å². The Labute approximate surface area is 97.8 Å². The van der Waals surface area contributed by atoms with E-state index in [0.717, 1.165) is 0 Å². The Bertz CT molecular complexity index is 439. The molecule has 1 N–H and O–H groups in total. The van der Waals surface area contributed by atoms with Gasteiger partial charge in [-0.25, -0.2) is 0 Å². The van der Waals surface area contributed by atoms with Crippen LogP contribution in [0.25, 0.3) is 0 Å². The Morgan fingerprint density at radius 2 is 1.88 bits per heavy atom. The molecule has 1 aromatic rings. The van der Waals surface area contributed by atoms with Gasteiger partial charge >= 0.3 is 0 Å². The van der Waals surface area contributed by atoms with Crippen LogP contribution in [0.3, 0.4) is 0 Å². The van der Waals surface area contributed by atoms with E-state index in [1.165, 1.54) is 24.3 Å². The van der Waals surface area contributed by atoms with Crippen LogP contribution in [0.2, 0.25) is 0 Å². The van der Waals surface area contributed by atoms with Crippen LogP contribution < -0.4 is 5.32 Å². The van der Waals surface area contributed by atoms with E-state index in [0.29, 0.717) is 6.42 Å². The number of nitro benzene ring substituents is 1. The highest BCUT2D eigenvalue weighted by molar-refractivity contribution is 6.04. The predicted molar refractivity (Wildman–Crippen MR) is 60.5 cm³/mol. The third-order valence-electron chi connectivity index (χ3n) is 2.07. The maximum absolute atomic E-state index is 11.5. The van der Waals surface area contributed by atoms with Gasteiger partial charge in [-0.3, -0.25) is 25.0 Å². The minimum Gasteiger partial charge on any atom is -0.292 e. The van der Waals surface area contributed by atoms with E-state index in [-0.39, 0.29) is 23.6 Å². The monoisotopic (exact) mass is 236 g/mol. The molecule has 0 aliphatic carbocycles. The van der Waals surface area contributed by atoms with Gasteiger partial charge in [-0.05, 0) is 18.6 Å². The summed E-state index contributed by atoms with van der Waals surface area (Å²) in [6, 6.07) is 5.07. The number of nitrogens with one attached hydrogen (secondary N) is 1. The Balaban J connectivity index is 2.70. The quantitative estimate of drug-likeness (QED) is 0.635. The lowest BCUT2D eigenvalue weighted by Gasteiger charge is -2.02. The molecule has 0 aliphatic heterocycles. The van der Waals surface area contributed by atoms with Gasteiger partial charge < -0.3 is 0 Å². The van der Waals surface area contributed by atoms with E-state index in [9.17, 15) is 19.7 Å². The third-order valence-corrected chi connectivity index (χ3v) is 2.07. The molecule has 0 fully saturated rings. The van der Waals surface area contributed by atoms with Crippen LogP contribution in [0.15, 0.2) is 24.3 Å². The van der Waals surface area contributed by atoms with Crippen molar-refractivity contribution >= 4 is 17.5 Å². The summed E-state index contributed by atoms with van der Waals surface area (Å²) in [6.45, 7) is 1.83. The molecule has 90 valence electrons. The molecule has 1 rings (SSSR count). The van der Waals surface area contributed by atoms with Gasteiger partial charge in [0.05, 0.1) is 4.92 Å². The second-order valence-corrected chi connectivity index (χ2v) is 3.43. The van der Waals surface area contributed by atoms with Crippen LogP contribution in [0.1, 0.15) is 30.1 Å². The normalized spacial score (nSPS) is 9.71. The van der Waals surface area contributed by atoms with Gasteiger partial charge in [0.25, 0.3) is 11.6 Å². The molecule has 1 aromatic carbocycles. The van der Waals surface area contributed by atoms with Crippen molar-refractivity contribution in [2.24, 2.45) is 0 Å². The first-order chi connectivity index (χ1) is 8.04. The standard InChI is InChI=1S/C11H12N2O4/c1-2-3-10(14)12-11(15)8-4-6-9(7-5-8)13(16)17/h4-7H,2-3H2,1H3,(H,12,14,15). The van der Waals surface area contributed by atoms with E-state index in [4.69, 9.17) is 0 Å². The van der Waals surface area contributed by atoms with Crippen molar-refractivity contribution in [2.45, 2.75) is 19.8 Å². The molecule has 0 aromatic heterocycles. The first-order valence-corrected chi connectivity index (χ1v) is 5.13. The van der Waals surface area contributed by atoms with Gasteiger partial charge in [0.15, 0.2) is 0 Å². The zero-order chi connectivity index (χ0) is 12.8. The highest BCUT2D eigenvalue weighted by Gasteiger charge is 2.11. The molecule has 0 unspecified atom stereocenters. The molecule has 0 heterocycles. The molecule has 0 saturated heterocycles. The fourth-order valence-corrected chi connectivity index (χ4v) is 1.22. The molecule has 0 aliphatic rings. The summed E-state index contributed by atoms with van der Waals surface area (Å²) in [7, 11) is 0. The molecular weight excluding hydrogens is 224 g/mol. The lowest BCUT2D eigenvalue weighted by Crippen LogP contribution is -2.29. The van der Waals surface area contributed by atoms with Crippen LogP contribution in [-0.2, 0) is 4.79 Å². The highest BCUT2D eigenvalue weighted by atomic mass is 16.6. The number of rotatable bonds is 4. The number of non-ortho nitro benzene ring substituents is 1. The molecular formula is C11H12N2O4. The second-order valence-electron chi connectivity index (χ2n) is 3.43. The molecule has 0 bridgehead atoms. The summed E-state index contributed by atoms with van der Waals surface area (Å²) in [5, 5.41) is 12.6. The summed E-state index contributed by atoms with van der Waals surface area (Å²) < 4.78 is 0. The minimum absolute atomic E-state index is 0.0959. The highest BCUT2D eigenvalue weighted by Crippen LogP contribution is 2.11. The lowest BCUT2D eigenvalue weighted by molar-refractivity contribution is -0.384. The molecule has 6 heteroatoms. The number of hydrogen-bond donors (Lipinski definition) is 1. The first kappa shape index (κ1) is 12.8. The first-order valence-electron chi connectivity index (χ1n) is 5.13. The topological polar surface area (TPSA) is 89.3 Å². The van der Waals surface area contributed by atoms with Crippen molar-refractivity contribution in [1.29, 1.82) is 0 Å². The number of carbonyl (C=O) groups excluding carboxylic acids is 2. The van der Waals surface area contributed by atoms with Gasteiger partial charge in [0.1, 0.15) is 0 Å². The summed E-state index contributed by atoms with van der Waals surface area (Å²) in [5.74, 6) is -0.894. The van der Waals surface area contributed by atoms with Crippen molar-refractivity contribution in [2.75, 3.05) is 0 Å². The number of nitrogens with zero attached hydrogens (tertiary/aromatic N) is 1. The largest absolute Gasteiger partial charge is 0.292 e. The Hall–Kier alpha value is -2.24. The van der Waals surface area contributed by atoms with Crippen LogP contribution >= 0.6 is 0 Å². The zero-order valence-electron chi connectivity index (χ0n) is 9.30. The molecule has 0 spiro atoms. The predicted octanol–water partition coefficient (Wildman–Crippen LogP) is 1.65. The minimum atomic E-state index is -0.552. The lowest BCUT2D eigenvalue weighted by atomic mass is 10.2. The average Bonchev–Trinajstić information content (AvgIpc) is 2.29. The van der Waals surface area contributed by atoms with Gasteiger partial charge in [-0.2, -0.15) is 0 Å². The SMILES string of the molecule is CCCC(=O)NC(=O)c1ccc([N+](=O)[O-])cc1. The van der Waals surface area contributed by atoms with E-state index < -0.39 is 10.8 Å². The van der Waals surface area contributed by atoms with Gasteiger partial charge in [0.2, 0.25) is 5.91 Å². The summed E-state index contributed by atoms with van der Waals surface area (Å²) in [6.07, 6.45) is 0.929. The number of hydrogen-bond acceptors (Lipinski definition) is 4. The maximum Gasteiger partial charge on any atom is 0.269 e. The fourth-order valence-electron chi connectivity index (χ4n) is 1.22. The molecule has 2 amide bonds. The Kier molecular flexibility index (Phi) is 4.33. The van der Waals surface area contributed by atoms with E-state index in [2.05, 4.69) is 5.32 Å². The number of benzene rings is 1. The third kappa shape index (κ3) is 3.67. The molecule has 0 atom stereocenters. The van der Waals surface area contributed by atoms with Crippen molar-refractivity contribution in [3.8, 4) is 0 Å². The van der Waals surface area contributed by atoms with Crippen LogP contribution in [0, 0.1) is 10.1 Å². The Morgan fingerprint density at radius 3 is 2.35 bits per heavy atom. The number of nitro groups is 1. The van der Waals surface area contributed by atoms with Crippen LogP contribution in [0.4, 0.5) is 5.69 Å². The van der Waals surface area contributed by atoms with Crippen LogP contribution in [0.5, 0.6) is 0 Å². The van der Waals surface area contributed by atoms with Crippen LogP contribution in [-0.4, -0.2) is 16.7 Å². The maximum atomic E-state index is 11.5. The van der Waals surface area contributed by atoms with Crippen molar-refractivity contribution < 1.29 is 14.5 Å².